The summed E-state index contributed by atoms with van der Waals surface area (Å²) in [5.74, 6) is 0.796. The summed E-state index contributed by atoms with van der Waals surface area (Å²) in [7, 11) is 0. The minimum absolute atomic E-state index is 0.237. The van der Waals surface area contributed by atoms with E-state index in [9.17, 15) is 0 Å². The standard InChI is InChI=1S/C12H13NO2/c13-8-10-3-5-11(6-4-10)15-9-12-2-1-7-14-12/h3-6,12H,1-2,7,9H2. The molecule has 0 N–H and O–H groups in total. The number of nitriles is 1. The van der Waals surface area contributed by atoms with Crippen molar-refractivity contribution in [3.05, 3.63) is 29.8 Å². The Hall–Kier alpha value is -1.53. The predicted molar refractivity (Wildman–Crippen MR) is 55.6 cm³/mol. The molecule has 3 heteroatoms. The Kier molecular flexibility index (Phi) is 3.21. The quantitative estimate of drug-likeness (QED) is 0.755. The van der Waals surface area contributed by atoms with Gasteiger partial charge in [0.1, 0.15) is 12.4 Å². The van der Waals surface area contributed by atoms with Crippen LogP contribution in [0.2, 0.25) is 0 Å². The second-order valence-electron chi connectivity index (χ2n) is 3.58. The number of ether oxygens (including phenoxy) is 2. The molecule has 1 fully saturated rings. The molecule has 1 heterocycles. The van der Waals surface area contributed by atoms with E-state index in [1.54, 1.807) is 12.1 Å². The molecular formula is C12H13NO2. The molecule has 1 unspecified atom stereocenters. The van der Waals surface area contributed by atoms with Gasteiger partial charge in [-0.1, -0.05) is 0 Å². The number of rotatable bonds is 3. The molecule has 1 atom stereocenters. The van der Waals surface area contributed by atoms with E-state index in [1.165, 1.54) is 0 Å². The van der Waals surface area contributed by atoms with Crippen LogP contribution in [0.15, 0.2) is 24.3 Å². The van der Waals surface area contributed by atoms with Gasteiger partial charge in [0.15, 0.2) is 0 Å². The van der Waals surface area contributed by atoms with Crippen molar-refractivity contribution in [2.45, 2.75) is 18.9 Å². The molecule has 1 aliphatic heterocycles. The van der Waals surface area contributed by atoms with E-state index < -0.39 is 0 Å². The zero-order valence-electron chi connectivity index (χ0n) is 8.48. The average Bonchev–Trinajstić information content (AvgIpc) is 2.80. The van der Waals surface area contributed by atoms with E-state index in [4.69, 9.17) is 14.7 Å². The normalized spacial score (nSPS) is 19.8. The van der Waals surface area contributed by atoms with Gasteiger partial charge in [-0.05, 0) is 37.1 Å². The molecular weight excluding hydrogens is 190 g/mol. The molecule has 0 saturated carbocycles. The summed E-state index contributed by atoms with van der Waals surface area (Å²) in [4.78, 5) is 0. The largest absolute Gasteiger partial charge is 0.491 e. The van der Waals surface area contributed by atoms with Crippen molar-refractivity contribution >= 4 is 0 Å². The Bertz CT molecular complexity index is 347. The Morgan fingerprint density at radius 3 is 2.80 bits per heavy atom. The lowest BCUT2D eigenvalue weighted by molar-refractivity contribution is 0.0679. The van der Waals surface area contributed by atoms with Crippen LogP contribution in [-0.2, 0) is 4.74 Å². The molecule has 0 bridgehead atoms. The first kappa shape index (κ1) is 10.0. The third-order valence-corrected chi connectivity index (χ3v) is 2.44. The van der Waals surface area contributed by atoms with Crippen molar-refractivity contribution < 1.29 is 9.47 Å². The molecule has 1 aromatic carbocycles. The smallest absolute Gasteiger partial charge is 0.119 e. The van der Waals surface area contributed by atoms with Crippen LogP contribution in [-0.4, -0.2) is 19.3 Å². The molecule has 0 aromatic heterocycles. The van der Waals surface area contributed by atoms with Crippen molar-refractivity contribution in [2.24, 2.45) is 0 Å². The van der Waals surface area contributed by atoms with Gasteiger partial charge in [-0.2, -0.15) is 5.26 Å². The van der Waals surface area contributed by atoms with Crippen LogP contribution >= 0.6 is 0 Å². The van der Waals surface area contributed by atoms with Gasteiger partial charge >= 0.3 is 0 Å². The zero-order chi connectivity index (χ0) is 10.5. The maximum atomic E-state index is 8.62. The van der Waals surface area contributed by atoms with Crippen LogP contribution in [0, 0.1) is 11.3 Å². The molecule has 1 aromatic rings. The summed E-state index contributed by atoms with van der Waals surface area (Å²) >= 11 is 0. The van der Waals surface area contributed by atoms with E-state index >= 15 is 0 Å². The Morgan fingerprint density at radius 2 is 2.20 bits per heavy atom. The second kappa shape index (κ2) is 4.81. The molecule has 1 saturated heterocycles. The van der Waals surface area contributed by atoms with Gasteiger partial charge in [0.25, 0.3) is 0 Å². The number of nitrogens with zero attached hydrogens (tertiary/aromatic N) is 1. The van der Waals surface area contributed by atoms with Gasteiger partial charge < -0.3 is 9.47 Å². The third kappa shape index (κ3) is 2.71. The van der Waals surface area contributed by atoms with Crippen molar-refractivity contribution in [1.82, 2.24) is 0 Å². The first-order valence-corrected chi connectivity index (χ1v) is 5.13. The van der Waals surface area contributed by atoms with Gasteiger partial charge in [-0.25, -0.2) is 0 Å². The zero-order valence-corrected chi connectivity index (χ0v) is 8.48. The van der Waals surface area contributed by atoms with Gasteiger partial charge in [0.2, 0.25) is 0 Å². The highest BCUT2D eigenvalue weighted by Gasteiger charge is 2.15. The highest BCUT2D eigenvalue weighted by atomic mass is 16.5. The summed E-state index contributed by atoms with van der Waals surface area (Å²) < 4.78 is 11.0. The molecule has 0 spiro atoms. The lowest BCUT2D eigenvalue weighted by Crippen LogP contribution is -2.16. The Labute approximate surface area is 89.2 Å². The predicted octanol–water partition coefficient (Wildman–Crippen LogP) is 2.12. The monoisotopic (exact) mass is 203 g/mol. The fourth-order valence-corrected chi connectivity index (χ4v) is 1.59. The summed E-state index contributed by atoms with van der Waals surface area (Å²) in [6, 6.07) is 9.21. The molecule has 3 nitrogen and oxygen atoms in total. The first-order valence-electron chi connectivity index (χ1n) is 5.13. The fraction of sp³-hybridized carbons (Fsp3) is 0.417. The van der Waals surface area contributed by atoms with E-state index in [0.29, 0.717) is 12.2 Å². The maximum absolute atomic E-state index is 8.62. The topological polar surface area (TPSA) is 42.2 Å². The molecule has 2 rings (SSSR count). The van der Waals surface area contributed by atoms with Crippen LogP contribution in [0.25, 0.3) is 0 Å². The highest BCUT2D eigenvalue weighted by Crippen LogP contribution is 2.16. The Balaban J connectivity index is 1.85. The molecule has 0 radical (unpaired) electrons. The lowest BCUT2D eigenvalue weighted by atomic mass is 10.2. The molecule has 15 heavy (non-hydrogen) atoms. The maximum Gasteiger partial charge on any atom is 0.119 e. The van der Waals surface area contributed by atoms with E-state index in [0.717, 1.165) is 25.2 Å². The first-order chi connectivity index (χ1) is 7.38. The molecule has 1 aliphatic rings. The minimum Gasteiger partial charge on any atom is -0.491 e. The summed E-state index contributed by atoms with van der Waals surface area (Å²) in [5.41, 5.74) is 0.652. The number of hydrogen-bond donors (Lipinski definition) is 0. The second-order valence-corrected chi connectivity index (χ2v) is 3.58. The highest BCUT2D eigenvalue weighted by molar-refractivity contribution is 5.34. The van der Waals surface area contributed by atoms with Crippen LogP contribution in [0.5, 0.6) is 5.75 Å². The van der Waals surface area contributed by atoms with Crippen molar-refractivity contribution in [2.75, 3.05) is 13.2 Å². The summed E-state index contributed by atoms with van der Waals surface area (Å²) in [5, 5.41) is 8.62. The molecule has 0 aliphatic carbocycles. The minimum atomic E-state index is 0.237. The third-order valence-electron chi connectivity index (χ3n) is 2.44. The van der Waals surface area contributed by atoms with E-state index in [-0.39, 0.29) is 6.10 Å². The van der Waals surface area contributed by atoms with Crippen molar-refractivity contribution in [1.29, 1.82) is 5.26 Å². The SMILES string of the molecule is N#Cc1ccc(OCC2CCCO2)cc1. The van der Waals surface area contributed by atoms with Crippen LogP contribution < -0.4 is 4.74 Å². The van der Waals surface area contributed by atoms with Gasteiger partial charge in [0.05, 0.1) is 17.7 Å². The summed E-state index contributed by atoms with van der Waals surface area (Å²) in [6.45, 7) is 1.45. The Morgan fingerprint density at radius 1 is 1.40 bits per heavy atom. The molecule has 78 valence electrons. The van der Waals surface area contributed by atoms with E-state index in [1.807, 2.05) is 12.1 Å². The van der Waals surface area contributed by atoms with Crippen LogP contribution in [0.3, 0.4) is 0 Å². The lowest BCUT2D eigenvalue weighted by Gasteiger charge is -2.11. The van der Waals surface area contributed by atoms with Crippen molar-refractivity contribution in [3.63, 3.8) is 0 Å². The average molecular weight is 203 g/mol. The van der Waals surface area contributed by atoms with E-state index in [2.05, 4.69) is 6.07 Å². The fourth-order valence-electron chi connectivity index (χ4n) is 1.59. The van der Waals surface area contributed by atoms with Gasteiger partial charge in [-0.15, -0.1) is 0 Å². The molecule has 0 amide bonds. The number of hydrogen-bond acceptors (Lipinski definition) is 3. The summed E-state index contributed by atoms with van der Waals surface area (Å²) in [6.07, 6.45) is 2.44. The van der Waals surface area contributed by atoms with Gasteiger partial charge in [0, 0.05) is 6.61 Å². The van der Waals surface area contributed by atoms with Crippen LogP contribution in [0.4, 0.5) is 0 Å². The van der Waals surface area contributed by atoms with Gasteiger partial charge in [-0.3, -0.25) is 0 Å². The number of benzene rings is 1. The van der Waals surface area contributed by atoms with Crippen molar-refractivity contribution in [3.8, 4) is 11.8 Å². The van der Waals surface area contributed by atoms with Crippen LogP contribution in [0.1, 0.15) is 18.4 Å².